The average Bonchev–Trinajstić information content (AvgIpc) is 2.92. The van der Waals surface area contributed by atoms with Crippen molar-refractivity contribution in [3.63, 3.8) is 0 Å². The molecule has 0 aromatic carbocycles. The molecule has 6 nitrogen and oxygen atoms in total. The Morgan fingerprint density at radius 3 is 2.96 bits per heavy atom. The summed E-state index contributed by atoms with van der Waals surface area (Å²) in [6, 6.07) is 3.91. The smallest absolute Gasteiger partial charge is 0.410 e. The summed E-state index contributed by atoms with van der Waals surface area (Å²) in [6.07, 6.45) is 3.37. The predicted octanol–water partition coefficient (Wildman–Crippen LogP) is 3.74. The maximum Gasteiger partial charge on any atom is 0.410 e. The lowest BCUT2D eigenvalue weighted by molar-refractivity contribution is 0.0173. The molecule has 24 heavy (non-hydrogen) atoms. The van der Waals surface area contributed by atoms with Crippen molar-refractivity contribution in [3.8, 4) is 0 Å². The van der Waals surface area contributed by atoms with Gasteiger partial charge in [0.15, 0.2) is 5.65 Å². The number of pyridine rings is 1. The van der Waals surface area contributed by atoms with Crippen molar-refractivity contribution in [2.24, 2.45) is 0 Å². The van der Waals surface area contributed by atoms with E-state index < -0.39 is 5.60 Å². The first-order chi connectivity index (χ1) is 11.4. The summed E-state index contributed by atoms with van der Waals surface area (Å²) in [5.41, 5.74) is 1.17. The third-order valence-electron chi connectivity index (χ3n) is 4.05. The van der Waals surface area contributed by atoms with E-state index in [0.717, 1.165) is 29.8 Å². The van der Waals surface area contributed by atoms with Crippen LogP contribution in [0.15, 0.2) is 18.3 Å². The number of carbonyl (C=O) groups excluding carboxylic acids is 1. The minimum Gasteiger partial charge on any atom is -0.444 e. The van der Waals surface area contributed by atoms with Gasteiger partial charge < -0.3 is 14.2 Å². The molecule has 7 heteroatoms. The standard InChI is InChI=1S/C17H23ClN4O2/c1-17(2,3)24-16(23)21-9-5-6-12(11-21)22-14(10-18)20-13-7-4-8-19-15(13)22/h4,7-8,12H,5-6,9-11H2,1-3H3. The van der Waals surface area contributed by atoms with Crippen molar-refractivity contribution in [2.75, 3.05) is 13.1 Å². The number of alkyl halides is 1. The summed E-state index contributed by atoms with van der Waals surface area (Å²) >= 11 is 6.09. The second-order valence-electron chi connectivity index (χ2n) is 7.10. The van der Waals surface area contributed by atoms with Crippen LogP contribution in [0, 0.1) is 0 Å². The van der Waals surface area contributed by atoms with Gasteiger partial charge >= 0.3 is 6.09 Å². The molecule has 0 radical (unpaired) electrons. The molecule has 3 heterocycles. The van der Waals surface area contributed by atoms with Crippen molar-refractivity contribution in [2.45, 2.75) is 51.1 Å². The quantitative estimate of drug-likeness (QED) is 0.774. The minimum absolute atomic E-state index is 0.111. The summed E-state index contributed by atoms with van der Waals surface area (Å²) in [5, 5.41) is 0. The fourth-order valence-corrected chi connectivity index (χ4v) is 3.30. The maximum absolute atomic E-state index is 12.4. The Morgan fingerprint density at radius 1 is 1.46 bits per heavy atom. The number of aromatic nitrogens is 3. The van der Waals surface area contributed by atoms with Gasteiger partial charge in [-0.15, -0.1) is 11.6 Å². The van der Waals surface area contributed by atoms with Crippen LogP contribution < -0.4 is 0 Å². The molecule has 0 bridgehead atoms. The van der Waals surface area contributed by atoms with Crippen molar-refractivity contribution in [1.29, 1.82) is 0 Å². The Kier molecular flexibility index (Phi) is 4.67. The number of hydrogen-bond donors (Lipinski definition) is 0. The maximum atomic E-state index is 12.4. The molecule has 2 aromatic rings. The van der Waals surface area contributed by atoms with Gasteiger partial charge in [0.2, 0.25) is 0 Å². The van der Waals surface area contributed by atoms with Crippen LogP contribution >= 0.6 is 11.6 Å². The number of nitrogens with zero attached hydrogens (tertiary/aromatic N) is 4. The van der Waals surface area contributed by atoms with Gasteiger partial charge in [-0.05, 0) is 45.7 Å². The Hall–Kier alpha value is -1.82. The number of ether oxygens (including phenoxy) is 1. The Balaban J connectivity index is 1.86. The molecular formula is C17H23ClN4O2. The van der Waals surface area contributed by atoms with Crippen LogP contribution in [-0.4, -0.2) is 44.2 Å². The zero-order valence-electron chi connectivity index (χ0n) is 14.3. The van der Waals surface area contributed by atoms with Crippen molar-refractivity contribution < 1.29 is 9.53 Å². The van der Waals surface area contributed by atoms with Crippen LogP contribution in [0.1, 0.15) is 45.5 Å². The van der Waals surface area contributed by atoms with Gasteiger partial charge in [-0.2, -0.15) is 0 Å². The van der Waals surface area contributed by atoms with Gasteiger partial charge in [-0.1, -0.05) is 0 Å². The van der Waals surface area contributed by atoms with Crippen molar-refractivity contribution >= 4 is 28.9 Å². The lowest BCUT2D eigenvalue weighted by Gasteiger charge is -2.35. The molecule has 1 aliphatic heterocycles. The fourth-order valence-electron chi connectivity index (χ4n) is 3.11. The van der Waals surface area contributed by atoms with E-state index in [0.29, 0.717) is 19.0 Å². The van der Waals surface area contributed by atoms with Gasteiger partial charge in [0.05, 0.1) is 11.9 Å². The second-order valence-corrected chi connectivity index (χ2v) is 7.37. The molecule has 130 valence electrons. The first kappa shape index (κ1) is 17.0. The van der Waals surface area contributed by atoms with E-state index in [9.17, 15) is 4.79 Å². The number of imidazole rings is 1. The zero-order valence-corrected chi connectivity index (χ0v) is 15.1. The van der Waals surface area contributed by atoms with Gasteiger partial charge in [0.1, 0.15) is 16.9 Å². The molecule has 0 saturated carbocycles. The number of amides is 1. The summed E-state index contributed by atoms with van der Waals surface area (Å²) in [6.45, 7) is 6.93. The van der Waals surface area contributed by atoms with Crippen LogP contribution in [0.5, 0.6) is 0 Å². The third kappa shape index (κ3) is 3.48. The third-order valence-corrected chi connectivity index (χ3v) is 4.29. The lowest BCUT2D eigenvalue weighted by Crippen LogP contribution is -2.43. The number of hydrogen-bond acceptors (Lipinski definition) is 4. The van der Waals surface area contributed by atoms with Crippen LogP contribution in [0.2, 0.25) is 0 Å². The van der Waals surface area contributed by atoms with E-state index >= 15 is 0 Å². The molecule has 2 aromatic heterocycles. The number of halogens is 1. The summed E-state index contributed by atoms with van der Waals surface area (Å²) < 4.78 is 7.59. The molecule has 0 N–H and O–H groups in total. The Bertz CT molecular complexity index is 738. The van der Waals surface area contributed by atoms with Crippen molar-refractivity contribution in [1.82, 2.24) is 19.4 Å². The van der Waals surface area contributed by atoms with Gasteiger partial charge in [-0.3, -0.25) is 0 Å². The first-order valence-electron chi connectivity index (χ1n) is 8.25. The molecule has 3 rings (SSSR count). The van der Waals surface area contributed by atoms with Crippen LogP contribution in [0.3, 0.4) is 0 Å². The lowest BCUT2D eigenvalue weighted by atomic mass is 10.1. The number of rotatable bonds is 2. The summed E-state index contributed by atoms with van der Waals surface area (Å²) in [5.74, 6) is 1.11. The first-order valence-corrected chi connectivity index (χ1v) is 8.78. The Morgan fingerprint density at radius 2 is 2.25 bits per heavy atom. The van der Waals surface area contributed by atoms with E-state index in [4.69, 9.17) is 16.3 Å². The largest absolute Gasteiger partial charge is 0.444 e. The number of carbonyl (C=O) groups is 1. The van der Waals surface area contributed by atoms with E-state index in [1.165, 1.54) is 0 Å². The van der Waals surface area contributed by atoms with Crippen LogP contribution in [0.25, 0.3) is 11.2 Å². The number of fused-ring (bicyclic) bond motifs is 1. The molecule has 1 amide bonds. The predicted molar refractivity (Wildman–Crippen MR) is 93.2 cm³/mol. The number of piperidine rings is 1. The van der Waals surface area contributed by atoms with E-state index in [1.54, 1.807) is 11.1 Å². The second kappa shape index (κ2) is 6.59. The molecule has 0 spiro atoms. The number of likely N-dealkylation sites (tertiary alicyclic amines) is 1. The van der Waals surface area contributed by atoms with Crippen LogP contribution in [-0.2, 0) is 10.6 Å². The van der Waals surface area contributed by atoms with Gasteiger partial charge in [-0.25, -0.2) is 14.8 Å². The molecule has 0 aliphatic carbocycles. The van der Waals surface area contributed by atoms with Crippen LogP contribution in [0.4, 0.5) is 4.79 Å². The normalized spacial score (nSPS) is 18.8. The highest BCUT2D eigenvalue weighted by Gasteiger charge is 2.30. The summed E-state index contributed by atoms with van der Waals surface area (Å²) in [4.78, 5) is 23.2. The van der Waals surface area contributed by atoms with Gasteiger partial charge in [0.25, 0.3) is 0 Å². The average molecular weight is 351 g/mol. The monoisotopic (exact) mass is 350 g/mol. The van der Waals surface area contributed by atoms with E-state index in [-0.39, 0.29) is 12.1 Å². The topological polar surface area (TPSA) is 60.2 Å². The molecule has 1 fully saturated rings. The van der Waals surface area contributed by atoms with Crippen molar-refractivity contribution in [3.05, 3.63) is 24.2 Å². The Labute approximate surface area is 146 Å². The molecular weight excluding hydrogens is 328 g/mol. The minimum atomic E-state index is -0.491. The molecule has 1 aliphatic rings. The fraction of sp³-hybridized carbons (Fsp3) is 0.588. The molecule has 1 atom stereocenters. The van der Waals surface area contributed by atoms with Gasteiger partial charge in [0, 0.05) is 19.3 Å². The molecule has 1 saturated heterocycles. The SMILES string of the molecule is CC(C)(C)OC(=O)N1CCCC(n2c(CCl)nc3cccnc32)C1. The molecule has 1 unspecified atom stereocenters. The van der Waals surface area contributed by atoms with E-state index in [2.05, 4.69) is 14.5 Å². The summed E-state index contributed by atoms with van der Waals surface area (Å²) in [7, 11) is 0. The van der Waals surface area contributed by atoms with E-state index in [1.807, 2.05) is 32.9 Å². The highest BCUT2D eigenvalue weighted by atomic mass is 35.5. The highest BCUT2D eigenvalue weighted by molar-refractivity contribution is 6.16. The highest BCUT2D eigenvalue weighted by Crippen LogP contribution is 2.28. The zero-order chi connectivity index (χ0) is 17.3.